The molecule has 0 heterocycles. The van der Waals surface area contributed by atoms with Gasteiger partial charge in [0, 0.05) is 7.11 Å². The van der Waals surface area contributed by atoms with Gasteiger partial charge in [-0.15, -0.1) is 0 Å². The number of ether oxygens (including phenoxy) is 1. The number of allylic oxidation sites excluding steroid dienone is 2. The zero-order chi connectivity index (χ0) is 16.4. The number of hydrogen-bond acceptors (Lipinski definition) is 1. The van der Waals surface area contributed by atoms with Crippen LogP contribution in [-0.2, 0) is 4.74 Å². The minimum atomic E-state index is 0.471. The summed E-state index contributed by atoms with van der Waals surface area (Å²) in [5.41, 5.74) is 3.97. The van der Waals surface area contributed by atoms with E-state index in [1.807, 2.05) is 0 Å². The normalized spacial score (nSPS) is 35.3. The van der Waals surface area contributed by atoms with Crippen LogP contribution in [-0.4, -0.2) is 13.7 Å². The maximum atomic E-state index is 5.16. The van der Waals surface area contributed by atoms with Gasteiger partial charge in [0.25, 0.3) is 0 Å². The predicted molar refractivity (Wildman–Crippen MR) is 96.0 cm³/mol. The molecule has 0 N–H and O–H groups in total. The summed E-state index contributed by atoms with van der Waals surface area (Å²) >= 11 is 0. The van der Waals surface area contributed by atoms with Gasteiger partial charge in [0.05, 0.1) is 6.61 Å². The fourth-order valence-corrected chi connectivity index (χ4v) is 5.51. The summed E-state index contributed by atoms with van der Waals surface area (Å²) in [6, 6.07) is 0. The first-order valence-corrected chi connectivity index (χ1v) is 9.13. The molecule has 3 atom stereocenters. The highest BCUT2D eigenvalue weighted by Gasteiger charge is 2.52. The molecule has 2 saturated carbocycles. The summed E-state index contributed by atoms with van der Waals surface area (Å²) in [7, 11) is 1.77. The Morgan fingerprint density at radius 1 is 1.32 bits per heavy atom. The van der Waals surface area contributed by atoms with Crippen molar-refractivity contribution in [3.63, 3.8) is 0 Å². The van der Waals surface area contributed by atoms with Crippen molar-refractivity contribution in [3.05, 3.63) is 23.8 Å². The largest absolute Gasteiger partial charge is 0.381 e. The lowest BCUT2D eigenvalue weighted by molar-refractivity contribution is -0.0539. The molecule has 22 heavy (non-hydrogen) atoms. The molecule has 0 amide bonds. The molecule has 1 nitrogen and oxygen atoms in total. The van der Waals surface area contributed by atoms with Gasteiger partial charge in [-0.2, -0.15) is 0 Å². The van der Waals surface area contributed by atoms with E-state index in [0.717, 1.165) is 12.5 Å². The average Bonchev–Trinajstić information content (AvgIpc) is 2.43. The zero-order valence-corrected chi connectivity index (χ0v) is 15.5. The molecule has 0 radical (unpaired) electrons. The van der Waals surface area contributed by atoms with Crippen molar-refractivity contribution < 1.29 is 4.74 Å². The van der Waals surface area contributed by atoms with Gasteiger partial charge in [-0.3, -0.25) is 0 Å². The minimum Gasteiger partial charge on any atom is -0.381 e. The maximum absolute atomic E-state index is 5.16. The van der Waals surface area contributed by atoms with Gasteiger partial charge in [-0.25, -0.2) is 0 Å². The number of rotatable bonds is 5. The fraction of sp³-hybridized carbons (Fsp3) is 0.810. The van der Waals surface area contributed by atoms with Crippen molar-refractivity contribution in [1.29, 1.82) is 0 Å². The third-order valence-electron chi connectivity index (χ3n) is 6.74. The van der Waals surface area contributed by atoms with Gasteiger partial charge in [0.15, 0.2) is 0 Å². The number of fused-ring (bicyclic) bond motifs is 1. The molecule has 0 unspecified atom stereocenters. The molecule has 0 bridgehead atoms. The smallest absolute Gasteiger partial charge is 0.0646 e. The highest BCUT2D eigenvalue weighted by Crippen LogP contribution is 2.61. The second-order valence-electron chi connectivity index (χ2n) is 8.69. The first kappa shape index (κ1) is 17.8. The highest BCUT2D eigenvalue weighted by molar-refractivity contribution is 5.16. The molecule has 0 aromatic carbocycles. The molecule has 1 heteroatoms. The molecule has 0 aromatic rings. The predicted octanol–water partition coefficient (Wildman–Crippen LogP) is 6.16. The molecule has 126 valence electrons. The van der Waals surface area contributed by atoms with E-state index in [2.05, 4.69) is 40.3 Å². The summed E-state index contributed by atoms with van der Waals surface area (Å²) in [4.78, 5) is 0. The third-order valence-corrected chi connectivity index (χ3v) is 6.74. The van der Waals surface area contributed by atoms with Crippen LogP contribution in [0.4, 0.5) is 0 Å². The Morgan fingerprint density at radius 2 is 2.05 bits per heavy atom. The number of methoxy groups -OCH3 is 1. The second-order valence-corrected chi connectivity index (χ2v) is 8.69. The quantitative estimate of drug-likeness (QED) is 0.553. The Balaban J connectivity index is 2.12. The standard InChI is InChI=1S/C21H36O/c1-16(12-15-22-6)8-10-18-17(2)9-11-19-20(3,4)13-7-14-21(18,19)5/h12,18-19H,2,7-11,13-15H2,1,3-6H3/b16-12+/t18-,19-,21+/m0/s1. The zero-order valence-electron chi connectivity index (χ0n) is 15.5. The monoisotopic (exact) mass is 304 g/mol. The maximum Gasteiger partial charge on any atom is 0.0646 e. The summed E-state index contributed by atoms with van der Waals surface area (Å²) in [5.74, 6) is 1.57. The van der Waals surface area contributed by atoms with E-state index in [4.69, 9.17) is 4.74 Å². The van der Waals surface area contributed by atoms with E-state index in [1.165, 1.54) is 56.1 Å². The lowest BCUT2D eigenvalue weighted by atomic mass is 9.47. The fourth-order valence-electron chi connectivity index (χ4n) is 5.51. The van der Waals surface area contributed by atoms with Crippen LogP contribution in [0.1, 0.15) is 72.6 Å². The number of hydrogen-bond donors (Lipinski definition) is 0. The first-order chi connectivity index (χ1) is 10.3. The van der Waals surface area contributed by atoms with Gasteiger partial charge in [0.2, 0.25) is 0 Å². The summed E-state index contributed by atoms with van der Waals surface area (Å²) < 4.78 is 5.16. The van der Waals surface area contributed by atoms with E-state index < -0.39 is 0 Å². The van der Waals surface area contributed by atoms with Crippen molar-refractivity contribution >= 4 is 0 Å². The van der Waals surface area contributed by atoms with Crippen LogP contribution >= 0.6 is 0 Å². The van der Waals surface area contributed by atoms with E-state index in [0.29, 0.717) is 16.7 Å². The molecule has 2 rings (SSSR count). The van der Waals surface area contributed by atoms with Gasteiger partial charge < -0.3 is 4.74 Å². The van der Waals surface area contributed by atoms with Crippen LogP contribution in [0.2, 0.25) is 0 Å². The Bertz CT molecular complexity index is 431. The SMILES string of the molecule is C=C1CC[C@H]2C(C)(C)CCC[C@]2(C)[C@H]1CC/C(C)=C/COC. The van der Waals surface area contributed by atoms with E-state index in [9.17, 15) is 0 Å². The molecular formula is C21H36O. The summed E-state index contributed by atoms with van der Waals surface area (Å²) in [5, 5.41) is 0. The Kier molecular flexibility index (Phi) is 5.59. The Morgan fingerprint density at radius 3 is 2.73 bits per heavy atom. The first-order valence-electron chi connectivity index (χ1n) is 9.13. The molecule has 2 aliphatic rings. The van der Waals surface area contributed by atoms with Crippen LogP contribution in [0.15, 0.2) is 23.8 Å². The topological polar surface area (TPSA) is 9.23 Å². The second kappa shape index (κ2) is 6.91. The van der Waals surface area contributed by atoms with Crippen LogP contribution in [0, 0.1) is 22.7 Å². The van der Waals surface area contributed by atoms with Gasteiger partial charge in [0.1, 0.15) is 0 Å². The van der Waals surface area contributed by atoms with Gasteiger partial charge in [-0.1, -0.05) is 51.0 Å². The average molecular weight is 305 g/mol. The molecule has 0 saturated heterocycles. The van der Waals surface area contributed by atoms with Crippen molar-refractivity contribution in [2.45, 2.75) is 72.6 Å². The Labute approximate surface area is 138 Å². The molecule has 2 aliphatic carbocycles. The van der Waals surface area contributed by atoms with Crippen LogP contribution in [0.3, 0.4) is 0 Å². The van der Waals surface area contributed by atoms with E-state index >= 15 is 0 Å². The van der Waals surface area contributed by atoms with Gasteiger partial charge in [-0.05, 0) is 68.1 Å². The minimum absolute atomic E-state index is 0.471. The van der Waals surface area contributed by atoms with Crippen molar-refractivity contribution in [2.24, 2.45) is 22.7 Å². The lowest BCUT2D eigenvalue weighted by Crippen LogP contribution is -2.49. The molecule has 0 aromatic heterocycles. The molecule has 0 aliphatic heterocycles. The molecule has 2 fully saturated rings. The third kappa shape index (κ3) is 3.50. The van der Waals surface area contributed by atoms with E-state index in [1.54, 1.807) is 7.11 Å². The van der Waals surface area contributed by atoms with Crippen LogP contribution in [0.5, 0.6) is 0 Å². The highest BCUT2D eigenvalue weighted by atomic mass is 16.5. The van der Waals surface area contributed by atoms with Crippen molar-refractivity contribution in [2.75, 3.05) is 13.7 Å². The Hall–Kier alpha value is -0.560. The summed E-state index contributed by atoms with van der Waals surface area (Å²) in [6.07, 6.45) is 11.5. The van der Waals surface area contributed by atoms with Crippen molar-refractivity contribution in [1.82, 2.24) is 0 Å². The van der Waals surface area contributed by atoms with Gasteiger partial charge >= 0.3 is 0 Å². The van der Waals surface area contributed by atoms with Crippen LogP contribution in [0.25, 0.3) is 0 Å². The van der Waals surface area contributed by atoms with E-state index in [-0.39, 0.29) is 0 Å². The lowest BCUT2D eigenvalue weighted by Gasteiger charge is -2.58. The van der Waals surface area contributed by atoms with Crippen molar-refractivity contribution in [3.8, 4) is 0 Å². The molecule has 0 spiro atoms. The molecular weight excluding hydrogens is 268 g/mol. The summed E-state index contributed by atoms with van der Waals surface area (Å²) in [6.45, 7) is 15.0. The van der Waals surface area contributed by atoms with Crippen LogP contribution < -0.4 is 0 Å².